The zero-order chi connectivity index (χ0) is 16.0. The molecule has 1 aliphatic heterocycles. The lowest BCUT2D eigenvalue weighted by Gasteiger charge is -2.35. The number of halogens is 4. The van der Waals surface area contributed by atoms with Crippen LogP contribution in [0.2, 0.25) is 0 Å². The standard InChI is InChI=1S/C15H25N2.BF4/c1-3-7-14(8-4-1)16-11-12-17(13-16)15-9-5-2-6-10-15;2-1(3,4)5/h11-15H,1-10H2;/q;-1. The van der Waals surface area contributed by atoms with Crippen molar-refractivity contribution in [3.05, 3.63) is 19.1 Å². The van der Waals surface area contributed by atoms with Crippen molar-refractivity contribution in [2.75, 3.05) is 0 Å². The van der Waals surface area contributed by atoms with Gasteiger partial charge in [-0.2, -0.15) is 0 Å². The SMILES string of the molecule is F[B-](F)(F)F.[CH]1N(C2CCCCC2)C=CN1C1CCCCC1. The highest BCUT2D eigenvalue weighted by Gasteiger charge is 2.27. The van der Waals surface area contributed by atoms with Crippen LogP contribution in [0.15, 0.2) is 12.4 Å². The maximum atomic E-state index is 9.75. The smallest absolute Gasteiger partial charge is 0.418 e. The Hall–Kier alpha value is -0.875. The van der Waals surface area contributed by atoms with Gasteiger partial charge in [-0.05, 0) is 25.7 Å². The first kappa shape index (κ1) is 17.5. The highest BCUT2D eigenvalue weighted by atomic mass is 19.5. The van der Waals surface area contributed by atoms with E-state index in [9.17, 15) is 17.3 Å². The number of hydrogen-bond donors (Lipinski definition) is 0. The fourth-order valence-corrected chi connectivity index (χ4v) is 3.58. The minimum atomic E-state index is -6.00. The van der Waals surface area contributed by atoms with Gasteiger partial charge in [0.2, 0.25) is 0 Å². The third-order valence-electron chi connectivity index (χ3n) is 4.67. The summed E-state index contributed by atoms with van der Waals surface area (Å²) in [6, 6.07) is 1.57. The van der Waals surface area contributed by atoms with Gasteiger partial charge in [-0.1, -0.05) is 38.5 Å². The number of rotatable bonds is 2. The molecule has 0 aromatic carbocycles. The van der Waals surface area contributed by atoms with Gasteiger partial charge in [0, 0.05) is 24.5 Å². The summed E-state index contributed by atoms with van der Waals surface area (Å²) in [6.07, 6.45) is 18.8. The summed E-state index contributed by atoms with van der Waals surface area (Å²) in [5.74, 6) is 0. The molecule has 0 unspecified atom stereocenters. The molecule has 2 fully saturated rings. The van der Waals surface area contributed by atoms with Crippen molar-refractivity contribution in [2.45, 2.75) is 76.3 Å². The van der Waals surface area contributed by atoms with Gasteiger partial charge in [0.15, 0.2) is 0 Å². The molecule has 2 nitrogen and oxygen atoms in total. The molecule has 0 bridgehead atoms. The second-order valence-corrected chi connectivity index (χ2v) is 6.39. The van der Waals surface area contributed by atoms with E-state index >= 15 is 0 Å². The van der Waals surface area contributed by atoms with E-state index in [0.717, 1.165) is 12.1 Å². The summed E-state index contributed by atoms with van der Waals surface area (Å²) in [6.45, 7) is 2.38. The quantitative estimate of drug-likeness (QED) is 0.512. The fraction of sp³-hybridized carbons (Fsp3) is 0.800. The minimum Gasteiger partial charge on any atom is -0.418 e. The van der Waals surface area contributed by atoms with Crippen LogP contribution in [0.5, 0.6) is 0 Å². The first-order valence-corrected chi connectivity index (χ1v) is 8.39. The first-order valence-electron chi connectivity index (χ1n) is 8.39. The third-order valence-corrected chi connectivity index (χ3v) is 4.67. The van der Waals surface area contributed by atoms with E-state index in [1.54, 1.807) is 0 Å². The van der Waals surface area contributed by atoms with Crippen LogP contribution in [0.3, 0.4) is 0 Å². The van der Waals surface area contributed by atoms with E-state index in [4.69, 9.17) is 0 Å². The second kappa shape index (κ2) is 8.11. The number of nitrogens with zero attached hydrogens (tertiary/aromatic N) is 2. The van der Waals surface area contributed by atoms with Gasteiger partial charge < -0.3 is 27.1 Å². The molecule has 0 N–H and O–H groups in total. The van der Waals surface area contributed by atoms with Crippen molar-refractivity contribution in [3.8, 4) is 0 Å². The topological polar surface area (TPSA) is 6.48 Å². The Morgan fingerprint density at radius 1 is 0.636 bits per heavy atom. The Bertz CT molecular complexity index is 318. The Balaban J connectivity index is 0.000000309. The average Bonchev–Trinajstić information content (AvgIpc) is 2.97. The maximum absolute atomic E-state index is 9.75. The molecule has 3 rings (SSSR count). The van der Waals surface area contributed by atoms with Gasteiger partial charge in [0.05, 0.1) is 0 Å². The van der Waals surface area contributed by atoms with E-state index in [1.165, 1.54) is 64.2 Å². The molecule has 1 heterocycles. The minimum absolute atomic E-state index is 0.786. The summed E-state index contributed by atoms with van der Waals surface area (Å²) in [5.41, 5.74) is 0. The van der Waals surface area contributed by atoms with Gasteiger partial charge in [-0.15, -0.1) is 0 Å². The highest BCUT2D eigenvalue weighted by Crippen LogP contribution is 2.31. The zero-order valence-corrected chi connectivity index (χ0v) is 12.9. The summed E-state index contributed by atoms with van der Waals surface area (Å²) >= 11 is 0. The zero-order valence-electron chi connectivity index (χ0n) is 12.9. The van der Waals surface area contributed by atoms with Crippen molar-refractivity contribution in [1.82, 2.24) is 9.80 Å². The molecule has 2 saturated carbocycles. The largest absolute Gasteiger partial charge is 0.673 e. The van der Waals surface area contributed by atoms with Crippen molar-refractivity contribution < 1.29 is 17.3 Å². The highest BCUT2D eigenvalue weighted by molar-refractivity contribution is 6.50. The van der Waals surface area contributed by atoms with E-state index < -0.39 is 7.25 Å². The summed E-state index contributed by atoms with van der Waals surface area (Å²) < 4.78 is 39.0. The molecule has 7 heteroatoms. The Morgan fingerprint density at radius 2 is 0.955 bits per heavy atom. The van der Waals surface area contributed by atoms with Gasteiger partial charge >= 0.3 is 7.25 Å². The van der Waals surface area contributed by atoms with E-state index in [0.29, 0.717) is 0 Å². The van der Waals surface area contributed by atoms with Gasteiger partial charge in [-0.3, -0.25) is 0 Å². The van der Waals surface area contributed by atoms with Gasteiger partial charge in [-0.25, -0.2) is 0 Å². The van der Waals surface area contributed by atoms with Crippen LogP contribution in [0, 0.1) is 6.67 Å². The molecule has 1 radical (unpaired) electrons. The van der Waals surface area contributed by atoms with E-state index in [2.05, 4.69) is 28.9 Å². The predicted molar refractivity (Wildman–Crippen MR) is 81.1 cm³/mol. The molecule has 3 aliphatic rings. The Kier molecular flexibility index (Phi) is 6.44. The van der Waals surface area contributed by atoms with Crippen molar-refractivity contribution >= 4 is 7.25 Å². The van der Waals surface area contributed by atoms with Crippen molar-refractivity contribution in [2.24, 2.45) is 0 Å². The third kappa shape index (κ3) is 6.09. The van der Waals surface area contributed by atoms with Crippen LogP contribution in [-0.4, -0.2) is 29.1 Å². The van der Waals surface area contributed by atoms with Crippen LogP contribution >= 0.6 is 0 Å². The molecule has 0 saturated heterocycles. The van der Waals surface area contributed by atoms with E-state index in [-0.39, 0.29) is 0 Å². The predicted octanol–water partition coefficient (Wildman–Crippen LogP) is 5.16. The lowest BCUT2D eigenvalue weighted by Crippen LogP contribution is -2.35. The Labute approximate surface area is 130 Å². The maximum Gasteiger partial charge on any atom is 0.673 e. The van der Waals surface area contributed by atoms with Crippen LogP contribution in [0.25, 0.3) is 0 Å². The Morgan fingerprint density at radius 3 is 1.27 bits per heavy atom. The molecule has 0 aromatic heterocycles. The summed E-state index contributed by atoms with van der Waals surface area (Å²) in [4.78, 5) is 4.96. The summed E-state index contributed by atoms with van der Waals surface area (Å²) in [5, 5.41) is 0. The monoisotopic (exact) mass is 320 g/mol. The molecule has 22 heavy (non-hydrogen) atoms. The van der Waals surface area contributed by atoms with Crippen LogP contribution in [0.4, 0.5) is 17.3 Å². The molecule has 0 aromatic rings. The molecule has 0 atom stereocenters. The lowest BCUT2D eigenvalue weighted by atomic mass is 9.94. The fourth-order valence-electron chi connectivity index (χ4n) is 3.58. The van der Waals surface area contributed by atoms with E-state index in [1.807, 2.05) is 0 Å². The first-order chi connectivity index (χ1) is 10.4. The van der Waals surface area contributed by atoms with Gasteiger partial charge in [0.25, 0.3) is 0 Å². The van der Waals surface area contributed by atoms with Gasteiger partial charge in [0.1, 0.15) is 6.67 Å². The van der Waals surface area contributed by atoms with Crippen LogP contribution in [-0.2, 0) is 0 Å². The molecule has 0 spiro atoms. The average molecular weight is 320 g/mol. The summed E-state index contributed by atoms with van der Waals surface area (Å²) in [7, 11) is -6.00. The van der Waals surface area contributed by atoms with Crippen molar-refractivity contribution in [1.29, 1.82) is 0 Å². The normalized spacial score (nSPS) is 24.4. The van der Waals surface area contributed by atoms with Crippen molar-refractivity contribution in [3.63, 3.8) is 0 Å². The molecule has 127 valence electrons. The molecule has 2 aliphatic carbocycles. The van der Waals surface area contributed by atoms with Crippen LogP contribution < -0.4 is 0 Å². The molecule has 0 amide bonds. The number of hydrogen-bond acceptors (Lipinski definition) is 2. The molecular weight excluding hydrogens is 295 g/mol. The molecular formula is C15H25BF4N2-. The van der Waals surface area contributed by atoms with Crippen LogP contribution in [0.1, 0.15) is 64.2 Å². The second-order valence-electron chi connectivity index (χ2n) is 6.39. The lowest BCUT2D eigenvalue weighted by molar-refractivity contribution is 0.184.